The minimum Gasteiger partial charge on any atom is -0.356 e. The zero-order chi connectivity index (χ0) is 17.6. The maximum Gasteiger partial charge on any atom is 0.226 e. The lowest BCUT2D eigenvalue weighted by molar-refractivity contribution is -0.142. The summed E-state index contributed by atoms with van der Waals surface area (Å²) in [6, 6.07) is 6.44. The molecule has 2 fully saturated rings. The van der Waals surface area contributed by atoms with Crippen LogP contribution in [0.1, 0.15) is 44.1 Å². The fourth-order valence-corrected chi connectivity index (χ4v) is 4.07. The normalized spacial score (nSPS) is 23.5. The molecule has 1 aromatic rings. The van der Waals surface area contributed by atoms with E-state index in [0.717, 1.165) is 57.2 Å². The third-order valence-corrected chi connectivity index (χ3v) is 5.44. The van der Waals surface area contributed by atoms with Crippen molar-refractivity contribution in [3.05, 3.63) is 35.6 Å². The second-order valence-electron chi connectivity index (χ2n) is 7.20. The highest BCUT2D eigenvalue weighted by atomic mass is 19.1. The molecule has 1 saturated heterocycles. The molecule has 2 amide bonds. The lowest BCUT2D eigenvalue weighted by Gasteiger charge is -2.32. The molecule has 1 saturated carbocycles. The number of rotatable bonds is 5. The molecule has 1 N–H and O–H groups in total. The van der Waals surface area contributed by atoms with Crippen LogP contribution >= 0.6 is 0 Å². The zero-order valence-electron chi connectivity index (χ0n) is 14.7. The van der Waals surface area contributed by atoms with Crippen LogP contribution in [0.5, 0.6) is 0 Å². The molecule has 25 heavy (non-hydrogen) atoms. The molecule has 1 aliphatic carbocycles. The number of carbonyl (C=O) groups excluding carboxylic acids is 2. The fraction of sp³-hybridized carbons (Fsp3) is 0.600. The molecule has 5 heteroatoms. The van der Waals surface area contributed by atoms with Crippen LogP contribution in [0.4, 0.5) is 4.39 Å². The average Bonchev–Trinajstić information content (AvgIpc) is 3.16. The number of halogens is 1. The summed E-state index contributed by atoms with van der Waals surface area (Å²) in [5.41, 5.74) is 0.869. The van der Waals surface area contributed by atoms with Gasteiger partial charge in [0.25, 0.3) is 0 Å². The van der Waals surface area contributed by atoms with Gasteiger partial charge < -0.3 is 10.2 Å². The van der Waals surface area contributed by atoms with Gasteiger partial charge in [-0.15, -0.1) is 0 Å². The van der Waals surface area contributed by atoms with Crippen molar-refractivity contribution in [3.63, 3.8) is 0 Å². The van der Waals surface area contributed by atoms with Crippen molar-refractivity contribution in [2.75, 3.05) is 19.6 Å². The van der Waals surface area contributed by atoms with E-state index in [1.165, 1.54) is 12.1 Å². The summed E-state index contributed by atoms with van der Waals surface area (Å²) >= 11 is 0. The first-order valence-corrected chi connectivity index (χ1v) is 9.46. The van der Waals surface area contributed by atoms with E-state index in [4.69, 9.17) is 0 Å². The zero-order valence-corrected chi connectivity index (χ0v) is 14.7. The first-order valence-electron chi connectivity index (χ1n) is 9.46. The van der Waals surface area contributed by atoms with Crippen molar-refractivity contribution in [2.45, 2.75) is 44.9 Å². The summed E-state index contributed by atoms with van der Waals surface area (Å²) in [6.07, 6.45) is 6.38. The summed E-state index contributed by atoms with van der Waals surface area (Å²) in [5.74, 6) is -0.487. The smallest absolute Gasteiger partial charge is 0.226 e. The summed E-state index contributed by atoms with van der Waals surface area (Å²) in [4.78, 5) is 27.3. The minimum absolute atomic E-state index is 0.0198. The first kappa shape index (κ1) is 17.9. The lowest BCUT2D eigenvalue weighted by atomic mass is 9.78. The molecule has 0 aromatic heterocycles. The van der Waals surface area contributed by atoms with Gasteiger partial charge in [-0.2, -0.15) is 0 Å². The largest absolute Gasteiger partial charge is 0.356 e. The predicted molar refractivity (Wildman–Crippen MR) is 94.4 cm³/mol. The quantitative estimate of drug-likeness (QED) is 0.891. The predicted octanol–water partition coefficient (Wildman–Crippen LogP) is 2.91. The van der Waals surface area contributed by atoms with Crippen LogP contribution in [0.2, 0.25) is 0 Å². The van der Waals surface area contributed by atoms with E-state index in [1.54, 1.807) is 6.07 Å². The molecule has 1 heterocycles. The Morgan fingerprint density at radius 2 is 1.80 bits per heavy atom. The van der Waals surface area contributed by atoms with Crippen molar-refractivity contribution in [1.29, 1.82) is 0 Å². The van der Waals surface area contributed by atoms with Gasteiger partial charge >= 0.3 is 0 Å². The molecule has 0 spiro atoms. The van der Waals surface area contributed by atoms with E-state index in [-0.39, 0.29) is 29.5 Å². The van der Waals surface area contributed by atoms with Gasteiger partial charge in [0, 0.05) is 31.5 Å². The molecular weight excluding hydrogens is 319 g/mol. The Morgan fingerprint density at radius 1 is 1.08 bits per heavy atom. The summed E-state index contributed by atoms with van der Waals surface area (Å²) in [5, 5.41) is 2.96. The Labute approximate surface area is 148 Å². The molecule has 2 aliphatic rings. The average molecular weight is 346 g/mol. The second kappa shape index (κ2) is 8.45. The van der Waals surface area contributed by atoms with Crippen LogP contribution in [0, 0.1) is 17.7 Å². The molecular formula is C20H27FN2O2. The van der Waals surface area contributed by atoms with Crippen LogP contribution in [0.3, 0.4) is 0 Å². The highest BCUT2D eigenvalue weighted by molar-refractivity contribution is 5.88. The van der Waals surface area contributed by atoms with E-state index in [9.17, 15) is 14.0 Å². The maximum atomic E-state index is 13.2. The molecule has 0 unspecified atom stereocenters. The number of carbonyl (C=O) groups is 2. The summed E-state index contributed by atoms with van der Waals surface area (Å²) in [6.45, 7) is 2.15. The van der Waals surface area contributed by atoms with Gasteiger partial charge in [0.2, 0.25) is 11.8 Å². The number of benzene rings is 1. The Bertz CT molecular complexity index is 613. The van der Waals surface area contributed by atoms with E-state index >= 15 is 0 Å². The molecule has 1 aliphatic heterocycles. The second-order valence-corrected chi connectivity index (χ2v) is 7.20. The number of nitrogens with one attached hydrogen (secondary N) is 1. The third kappa shape index (κ3) is 4.59. The van der Waals surface area contributed by atoms with Crippen molar-refractivity contribution >= 4 is 11.8 Å². The molecule has 136 valence electrons. The van der Waals surface area contributed by atoms with Crippen molar-refractivity contribution < 1.29 is 14.0 Å². The van der Waals surface area contributed by atoms with Crippen LogP contribution in [0.15, 0.2) is 24.3 Å². The summed E-state index contributed by atoms with van der Waals surface area (Å²) in [7, 11) is 0. The van der Waals surface area contributed by atoms with Crippen LogP contribution < -0.4 is 5.32 Å². The van der Waals surface area contributed by atoms with Crippen LogP contribution in [-0.2, 0) is 16.0 Å². The fourth-order valence-electron chi connectivity index (χ4n) is 4.07. The lowest BCUT2D eigenvalue weighted by Crippen LogP contribution is -2.45. The van der Waals surface area contributed by atoms with E-state index in [0.29, 0.717) is 13.0 Å². The van der Waals surface area contributed by atoms with E-state index < -0.39 is 0 Å². The van der Waals surface area contributed by atoms with Gasteiger partial charge in [-0.1, -0.05) is 25.0 Å². The number of hydrogen-bond donors (Lipinski definition) is 1. The Hall–Kier alpha value is -1.91. The minimum atomic E-state index is -0.257. The van der Waals surface area contributed by atoms with Gasteiger partial charge in [0.1, 0.15) is 5.82 Å². The Kier molecular flexibility index (Phi) is 6.05. The molecule has 0 bridgehead atoms. The molecule has 0 radical (unpaired) electrons. The molecule has 1 aromatic carbocycles. The molecule has 4 nitrogen and oxygen atoms in total. The van der Waals surface area contributed by atoms with Crippen molar-refractivity contribution in [3.8, 4) is 0 Å². The van der Waals surface area contributed by atoms with Crippen molar-refractivity contribution in [2.24, 2.45) is 11.8 Å². The maximum absolute atomic E-state index is 13.2. The number of nitrogens with zero attached hydrogens (tertiary/aromatic N) is 1. The van der Waals surface area contributed by atoms with Crippen LogP contribution in [0.25, 0.3) is 0 Å². The van der Waals surface area contributed by atoms with Gasteiger partial charge in [-0.3, -0.25) is 9.59 Å². The standard InChI is InChI=1S/C20H27FN2O2/c21-16-7-5-6-15(14-16)10-11-22-19(24)17-8-1-2-9-18(17)20(25)23-12-3-4-13-23/h5-7,14,17-18H,1-4,8-13H2,(H,22,24)/t17-,18+/m0/s1. The first-order chi connectivity index (χ1) is 12.1. The van der Waals surface area contributed by atoms with Gasteiger partial charge in [0.05, 0.1) is 0 Å². The third-order valence-electron chi connectivity index (χ3n) is 5.44. The Balaban J connectivity index is 1.54. The molecule has 2 atom stereocenters. The Morgan fingerprint density at radius 3 is 2.52 bits per heavy atom. The topological polar surface area (TPSA) is 49.4 Å². The summed E-state index contributed by atoms with van der Waals surface area (Å²) < 4.78 is 13.2. The van der Waals surface area contributed by atoms with Crippen molar-refractivity contribution in [1.82, 2.24) is 10.2 Å². The highest BCUT2D eigenvalue weighted by Crippen LogP contribution is 2.32. The molecule has 3 rings (SSSR count). The van der Waals surface area contributed by atoms with Crippen LogP contribution in [-0.4, -0.2) is 36.3 Å². The number of amides is 2. The van der Waals surface area contributed by atoms with Gasteiger partial charge in [-0.05, 0) is 49.8 Å². The van der Waals surface area contributed by atoms with Gasteiger partial charge in [-0.25, -0.2) is 4.39 Å². The number of hydrogen-bond acceptors (Lipinski definition) is 2. The highest BCUT2D eigenvalue weighted by Gasteiger charge is 2.38. The van der Waals surface area contributed by atoms with Gasteiger partial charge in [0.15, 0.2) is 0 Å². The monoisotopic (exact) mass is 346 g/mol. The van der Waals surface area contributed by atoms with E-state index in [1.807, 2.05) is 11.0 Å². The number of likely N-dealkylation sites (tertiary alicyclic amines) is 1. The van der Waals surface area contributed by atoms with E-state index in [2.05, 4.69) is 5.32 Å². The SMILES string of the molecule is O=C(NCCc1cccc(F)c1)[C@H]1CCCC[C@H]1C(=O)N1CCCC1.